The smallest absolute Gasteiger partial charge is 0.253 e. The molecule has 2 heterocycles. The molecule has 2 fully saturated rings. The molecule has 176 valence electrons. The maximum atomic E-state index is 13.5. The molecule has 8 heteroatoms. The minimum Gasteiger partial charge on any atom is -0.339 e. The molecule has 1 spiro atoms. The first-order chi connectivity index (χ1) is 16.4. The highest BCUT2D eigenvalue weighted by molar-refractivity contribution is 5.95. The second-order valence-electron chi connectivity index (χ2n) is 9.49. The van der Waals surface area contributed by atoms with Gasteiger partial charge in [-0.15, -0.1) is 0 Å². The minimum atomic E-state index is -0.284. The van der Waals surface area contributed by atoms with E-state index in [0.29, 0.717) is 36.6 Å². The van der Waals surface area contributed by atoms with Gasteiger partial charge in [0.2, 0.25) is 5.91 Å². The largest absolute Gasteiger partial charge is 0.339 e. The molecule has 1 aliphatic carbocycles. The van der Waals surface area contributed by atoms with Gasteiger partial charge >= 0.3 is 0 Å². The van der Waals surface area contributed by atoms with E-state index in [1.54, 1.807) is 30.1 Å². The van der Waals surface area contributed by atoms with Gasteiger partial charge in [0.25, 0.3) is 5.91 Å². The fraction of sp³-hybridized carbons (Fsp3) is 0.385. The molecule has 1 aliphatic heterocycles. The van der Waals surface area contributed by atoms with Crippen LogP contribution in [0.3, 0.4) is 0 Å². The molecule has 1 unspecified atom stereocenters. The number of hydrogen-bond donors (Lipinski definition) is 0. The van der Waals surface area contributed by atoms with Crippen molar-refractivity contribution in [1.82, 2.24) is 20.1 Å². The molecular formula is C26H27FN4O3. The summed E-state index contributed by atoms with van der Waals surface area (Å²) in [7, 11) is 1.79. The van der Waals surface area contributed by atoms with Crippen molar-refractivity contribution in [2.24, 2.45) is 11.3 Å². The van der Waals surface area contributed by atoms with E-state index < -0.39 is 0 Å². The number of likely N-dealkylation sites (tertiary alicyclic amines) is 1. The number of halogens is 1. The van der Waals surface area contributed by atoms with E-state index in [4.69, 9.17) is 4.63 Å². The Hall–Kier alpha value is -3.55. The highest BCUT2D eigenvalue weighted by Gasteiger charge is 2.59. The van der Waals surface area contributed by atoms with Gasteiger partial charge in [-0.25, -0.2) is 9.02 Å². The van der Waals surface area contributed by atoms with Gasteiger partial charge in [0.1, 0.15) is 17.2 Å². The van der Waals surface area contributed by atoms with Crippen LogP contribution in [-0.4, -0.2) is 52.1 Å². The van der Waals surface area contributed by atoms with Crippen LogP contribution in [-0.2, 0) is 11.3 Å². The minimum absolute atomic E-state index is 0.000435. The standard InChI is InChI=1S/C26H27FN4O3/c1-17-23(29-34-28-17)16-30(2)25(33)22-15-26(22)10-12-31(13-11-26)24(32)19-8-6-18(7-9-19)20-4-3-5-21(27)14-20/h3-9,14,22H,10-13,15-16H2,1-2H3. The number of nitrogens with zero attached hydrogens (tertiary/aromatic N) is 4. The van der Waals surface area contributed by atoms with Crippen molar-refractivity contribution < 1.29 is 18.6 Å². The highest BCUT2D eigenvalue weighted by atomic mass is 19.1. The number of rotatable bonds is 5. The molecule has 2 amide bonds. The molecule has 1 atom stereocenters. The Kier molecular flexibility index (Phi) is 5.67. The maximum absolute atomic E-state index is 13.5. The van der Waals surface area contributed by atoms with Crippen molar-refractivity contribution in [3.8, 4) is 11.1 Å². The summed E-state index contributed by atoms with van der Waals surface area (Å²) < 4.78 is 18.2. The van der Waals surface area contributed by atoms with Crippen LogP contribution in [0.5, 0.6) is 0 Å². The molecule has 1 aromatic heterocycles. The van der Waals surface area contributed by atoms with Gasteiger partial charge in [0, 0.05) is 31.6 Å². The van der Waals surface area contributed by atoms with E-state index in [-0.39, 0.29) is 29.0 Å². The topological polar surface area (TPSA) is 79.5 Å². The number of aryl methyl sites for hydroxylation is 1. The summed E-state index contributed by atoms with van der Waals surface area (Å²) in [4.78, 5) is 29.6. The molecule has 2 aliphatic rings. The summed E-state index contributed by atoms with van der Waals surface area (Å²) in [6, 6.07) is 13.7. The monoisotopic (exact) mass is 462 g/mol. The average molecular weight is 463 g/mol. The summed E-state index contributed by atoms with van der Waals surface area (Å²) in [6.07, 6.45) is 2.53. The van der Waals surface area contributed by atoms with Crippen LogP contribution in [0.4, 0.5) is 4.39 Å². The second kappa shape index (κ2) is 8.66. The molecule has 2 aromatic carbocycles. The lowest BCUT2D eigenvalue weighted by Gasteiger charge is -2.33. The third kappa shape index (κ3) is 4.20. The van der Waals surface area contributed by atoms with Crippen LogP contribution < -0.4 is 0 Å². The molecule has 3 aromatic rings. The van der Waals surface area contributed by atoms with Gasteiger partial charge in [-0.05, 0) is 67.0 Å². The Bertz CT molecular complexity index is 1210. The fourth-order valence-corrected chi connectivity index (χ4v) is 5.02. The molecule has 5 rings (SSSR count). The predicted octanol–water partition coefficient (Wildman–Crippen LogP) is 4.09. The second-order valence-corrected chi connectivity index (χ2v) is 9.49. The number of amides is 2. The zero-order valence-corrected chi connectivity index (χ0v) is 19.3. The van der Waals surface area contributed by atoms with Crippen molar-refractivity contribution in [3.05, 3.63) is 71.3 Å². The van der Waals surface area contributed by atoms with E-state index in [1.807, 2.05) is 30.0 Å². The first-order valence-electron chi connectivity index (χ1n) is 11.5. The Morgan fingerprint density at radius 3 is 2.50 bits per heavy atom. The zero-order valence-electron chi connectivity index (χ0n) is 19.3. The number of carbonyl (C=O) groups excluding carboxylic acids is 2. The highest BCUT2D eigenvalue weighted by Crippen LogP contribution is 2.60. The van der Waals surface area contributed by atoms with Crippen molar-refractivity contribution >= 4 is 11.8 Å². The lowest BCUT2D eigenvalue weighted by Crippen LogP contribution is -2.40. The van der Waals surface area contributed by atoms with Gasteiger partial charge in [-0.2, -0.15) is 0 Å². The van der Waals surface area contributed by atoms with E-state index in [2.05, 4.69) is 10.3 Å². The van der Waals surface area contributed by atoms with Crippen LogP contribution in [0.25, 0.3) is 11.1 Å². The first kappa shape index (κ1) is 22.3. The average Bonchev–Trinajstić information content (AvgIpc) is 3.40. The molecule has 0 N–H and O–H groups in total. The summed E-state index contributed by atoms with van der Waals surface area (Å²) >= 11 is 0. The third-order valence-electron chi connectivity index (χ3n) is 7.33. The number of benzene rings is 2. The summed E-state index contributed by atoms with van der Waals surface area (Å²) in [5.74, 6) is -0.168. The van der Waals surface area contributed by atoms with E-state index in [0.717, 1.165) is 30.4 Å². The van der Waals surface area contributed by atoms with Gasteiger partial charge < -0.3 is 9.80 Å². The molecule has 34 heavy (non-hydrogen) atoms. The lowest BCUT2D eigenvalue weighted by molar-refractivity contribution is -0.133. The maximum Gasteiger partial charge on any atom is 0.253 e. The van der Waals surface area contributed by atoms with Crippen molar-refractivity contribution in [2.75, 3.05) is 20.1 Å². The van der Waals surface area contributed by atoms with Crippen LogP contribution in [0, 0.1) is 24.1 Å². The Labute approximate surface area is 197 Å². The third-order valence-corrected chi connectivity index (χ3v) is 7.33. The summed E-state index contributed by atoms with van der Waals surface area (Å²) in [5.41, 5.74) is 3.64. The van der Waals surface area contributed by atoms with Crippen LogP contribution in [0.1, 0.15) is 41.0 Å². The normalized spacial score (nSPS) is 18.7. The lowest BCUT2D eigenvalue weighted by atomic mass is 9.90. The summed E-state index contributed by atoms with van der Waals surface area (Å²) in [6.45, 7) is 3.48. The molecular weight excluding hydrogens is 435 g/mol. The molecule has 0 bridgehead atoms. The van der Waals surface area contributed by atoms with E-state index >= 15 is 0 Å². The predicted molar refractivity (Wildman–Crippen MR) is 123 cm³/mol. The SMILES string of the molecule is Cc1nonc1CN(C)C(=O)C1CC12CCN(C(=O)c1ccc(-c3cccc(F)c3)cc1)CC2. The Morgan fingerprint density at radius 2 is 1.85 bits per heavy atom. The molecule has 1 saturated heterocycles. The molecule has 1 saturated carbocycles. The van der Waals surface area contributed by atoms with Gasteiger partial charge in [0.05, 0.1) is 6.54 Å². The number of hydrogen-bond acceptors (Lipinski definition) is 5. The Balaban J connectivity index is 1.17. The van der Waals surface area contributed by atoms with Crippen LogP contribution in [0.15, 0.2) is 53.2 Å². The van der Waals surface area contributed by atoms with Crippen LogP contribution in [0.2, 0.25) is 0 Å². The van der Waals surface area contributed by atoms with E-state index in [9.17, 15) is 14.0 Å². The van der Waals surface area contributed by atoms with Crippen LogP contribution >= 0.6 is 0 Å². The fourth-order valence-electron chi connectivity index (χ4n) is 5.02. The molecule has 7 nitrogen and oxygen atoms in total. The van der Waals surface area contributed by atoms with E-state index in [1.165, 1.54) is 12.1 Å². The number of carbonyl (C=O) groups is 2. The van der Waals surface area contributed by atoms with Crippen molar-refractivity contribution in [2.45, 2.75) is 32.7 Å². The Morgan fingerprint density at radius 1 is 1.12 bits per heavy atom. The number of aromatic nitrogens is 2. The zero-order chi connectivity index (χ0) is 23.9. The quantitative estimate of drug-likeness (QED) is 0.571. The molecule has 0 radical (unpaired) electrons. The first-order valence-corrected chi connectivity index (χ1v) is 11.5. The summed E-state index contributed by atoms with van der Waals surface area (Å²) in [5, 5.41) is 7.64. The van der Waals surface area contributed by atoms with Gasteiger partial charge in [-0.1, -0.05) is 34.6 Å². The van der Waals surface area contributed by atoms with Gasteiger partial charge in [-0.3, -0.25) is 9.59 Å². The number of piperidine rings is 1. The van der Waals surface area contributed by atoms with Gasteiger partial charge in [0.15, 0.2) is 0 Å². The van der Waals surface area contributed by atoms with Crippen molar-refractivity contribution in [1.29, 1.82) is 0 Å². The van der Waals surface area contributed by atoms with Crippen molar-refractivity contribution in [3.63, 3.8) is 0 Å².